The Morgan fingerprint density at radius 3 is 2.69 bits per heavy atom. The average Bonchev–Trinajstić information content (AvgIpc) is 2.48. The largest absolute Gasteiger partial charge is 0.433 e. The van der Waals surface area contributed by atoms with Crippen molar-refractivity contribution in [3.8, 4) is 0 Å². The summed E-state index contributed by atoms with van der Waals surface area (Å²) < 4.78 is 37.7. The second-order valence-electron chi connectivity index (χ2n) is 2.44. The molecule has 0 saturated carbocycles. The van der Waals surface area contributed by atoms with Gasteiger partial charge < -0.3 is 0 Å². The number of hydrogen-bond donors (Lipinski definition) is 0. The molecule has 0 N–H and O–H groups in total. The van der Waals surface area contributed by atoms with Crippen LogP contribution in [0.1, 0.15) is 5.69 Å². The highest BCUT2D eigenvalue weighted by Gasteiger charge is 2.33. The van der Waals surface area contributed by atoms with Crippen LogP contribution in [-0.2, 0) is 6.18 Å². The number of nitrogens with zero attached hydrogens (tertiary/aromatic N) is 3. The van der Waals surface area contributed by atoms with E-state index in [1.807, 2.05) is 0 Å². The number of rotatable bonds is 0. The molecule has 0 aromatic carbocycles. The minimum atomic E-state index is -4.40. The fourth-order valence-corrected chi connectivity index (χ4v) is 1.06. The lowest BCUT2D eigenvalue weighted by atomic mass is 10.3. The monoisotopic (exact) mass is 187 g/mol. The first-order chi connectivity index (χ1) is 6.09. The van der Waals surface area contributed by atoms with Crippen LogP contribution in [0.3, 0.4) is 0 Å². The smallest absolute Gasteiger partial charge is 0.215 e. The van der Waals surface area contributed by atoms with Gasteiger partial charge in [0.2, 0.25) is 0 Å². The number of aromatic nitrogens is 3. The van der Waals surface area contributed by atoms with Crippen molar-refractivity contribution in [2.24, 2.45) is 0 Å². The zero-order valence-electron chi connectivity index (χ0n) is 6.28. The van der Waals surface area contributed by atoms with E-state index in [4.69, 9.17) is 0 Å². The third kappa shape index (κ3) is 1.24. The molecule has 0 aliphatic heterocycles. The van der Waals surface area contributed by atoms with E-state index in [1.54, 1.807) is 0 Å². The molecule has 0 radical (unpaired) electrons. The van der Waals surface area contributed by atoms with Crippen molar-refractivity contribution in [2.45, 2.75) is 6.18 Å². The first-order valence-corrected chi connectivity index (χ1v) is 3.45. The first-order valence-electron chi connectivity index (χ1n) is 3.45. The van der Waals surface area contributed by atoms with Crippen LogP contribution >= 0.6 is 0 Å². The third-order valence-electron chi connectivity index (χ3n) is 1.59. The van der Waals surface area contributed by atoms with Crippen LogP contribution in [0.5, 0.6) is 0 Å². The number of halogens is 3. The van der Waals surface area contributed by atoms with Gasteiger partial charge in [-0.15, -0.1) is 0 Å². The molecular weight excluding hydrogens is 183 g/mol. The van der Waals surface area contributed by atoms with Crippen molar-refractivity contribution >= 4 is 5.65 Å². The molecule has 68 valence electrons. The summed E-state index contributed by atoms with van der Waals surface area (Å²) >= 11 is 0. The summed E-state index contributed by atoms with van der Waals surface area (Å²) in [7, 11) is 0. The lowest BCUT2D eigenvalue weighted by Crippen LogP contribution is -2.11. The lowest BCUT2D eigenvalue weighted by Gasteiger charge is -2.06. The molecular formula is C7H4F3N3. The Morgan fingerprint density at radius 2 is 2.00 bits per heavy atom. The van der Waals surface area contributed by atoms with Crippen molar-refractivity contribution in [2.75, 3.05) is 0 Å². The summed E-state index contributed by atoms with van der Waals surface area (Å²) in [6.07, 6.45) is -3.31. The maximum absolute atomic E-state index is 12.3. The van der Waals surface area contributed by atoms with Crippen molar-refractivity contribution in [3.63, 3.8) is 0 Å². The van der Waals surface area contributed by atoms with Gasteiger partial charge in [-0.1, -0.05) is 6.07 Å². The normalized spacial score (nSPS) is 12.2. The highest BCUT2D eigenvalue weighted by Crippen LogP contribution is 2.28. The van der Waals surface area contributed by atoms with Crippen LogP contribution in [0.15, 0.2) is 24.5 Å². The zero-order chi connectivity index (χ0) is 9.47. The predicted molar refractivity (Wildman–Crippen MR) is 38.0 cm³/mol. The highest BCUT2D eigenvalue weighted by atomic mass is 19.4. The molecule has 13 heavy (non-hydrogen) atoms. The number of alkyl halides is 3. The van der Waals surface area contributed by atoms with E-state index < -0.39 is 11.9 Å². The SMILES string of the molecule is FC(F)(F)c1cccc2ncnn12. The Bertz CT molecular complexity index is 432. The molecule has 0 fully saturated rings. The second-order valence-corrected chi connectivity index (χ2v) is 2.44. The summed E-state index contributed by atoms with van der Waals surface area (Å²) in [6.45, 7) is 0. The summed E-state index contributed by atoms with van der Waals surface area (Å²) in [6, 6.07) is 3.72. The van der Waals surface area contributed by atoms with Crippen molar-refractivity contribution in [3.05, 3.63) is 30.2 Å². The molecule has 0 aliphatic rings. The molecule has 0 unspecified atom stereocenters. The molecule has 2 aromatic rings. The minimum absolute atomic E-state index is 0.190. The molecule has 3 nitrogen and oxygen atoms in total. The zero-order valence-corrected chi connectivity index (χ0v) is 6.28. The summed E-state index contributed by atoms with van der Waals surface area (Å²) in [4.78, 5) is 3.64. The Kier molecular flexibility index (Phi) is 1.51. The van der Waals surface area contributed by atoms with Crippen LogP contribution in [0, 0.1) is 0 Å². The van der Waals surface area contributed by atoms with Crippen molar-refractivity contribution in [1.29, 1.82) is 0 Å². The van der Waals surface area contributed by atoms with E-state index in [2.05, 4.69) is 10.1 Å². The Morgan fingerprint density at radius 1 is 1.23 bits per heavy atom. The van der Waals surface area contributed by atoms with E-state index in [-0.39, 0.29) is 5.65 Å². The van der Waals surface area contributed by atoms with Gasteiger partial charge in [-0.25, -0.2) is 9.50 Å². The Labute approximate surface area is 70.8 Å². The molecule has 0 atom stereocenters. The van der Waals surface area contributed by atoms with Crippen LogP contribution in [0.25, 0.3) is 5.65 Å². The Balaban J connectivity index is 2.75. The van der Waals surface area contributed by atoms with E-state index >= 15 is 0 Å². The lowest BCUT2D eigenvalue weighted by molar-refractivity contribution is -0.142. The standard InChI is InChI=1S/C7H4F3N3/c8-7(9,10)5-2-1-3-6-11-4-12-13(5)6/h1-4H. The summed E-state index contributed by atoms with van der Waals surface area (Å²) in [5, 5.41) is 3.47. The van der Waals surface area contributed by atoms with Crippen molar-refractivity contribution in [1.82, 2.24) is 14.6 Å². The predicted octanol–water partition coefficient (Wildman–Crippen LogP) is 1.75. The second kappa shape index (κ2) is 2.45. The van der Waals surface area contributed by atoms with Crippen LogP contribution in [0.2, 0.25) is 0 Å². The molecule has 0 bridgehead atoms. The third-order valence-corrected chi connectivity index (χ3v) is 1.59. The van der Waals surface area contributed by atoms with Gasteiger partial charge in [0.15, 0.2) is 5.65 Å². The van der Waals surface area contributed by atoms with E-state index in [9.17, 15) is 13.2 Å². The van der Waals surface area contributed by atoms with E-state index in [1.165, 1.54) is 12.1 Å². The van der Waals surface area contributed by atoms with Gasteiger partial charge in [-0.2, -0.15) is 18.3 Å². The quantitative estimate of drug-likeness (QED) is 0.628. The molecule has 2 rings (SSSR count). The van der Waals surface area contributed by atoms with Crippen LogP contribution in [0.4, 0.5) is 13.2 Å². The van der Waals surface area contributed by atoms with Gasteiger partial charge in [-0.3, -0.25) is 0 Å². The maximum Gasteiger partial charge on any atom is 0.433 e. The van der Waals surface area contributed by atoms with Crippen LogP contribution < -0.4 is 0 Å². The van der Waals surface area contributed by atoms with Gasteiger partial charge in [0.05, 0.1) is 0 Å². The number of fused-ring (bicyclic) bond motifs is 1. The molecule has 2 heterocycles. The number of pyridine rings is 1. The topological polar surface area (TPSA) is 30.2 Å². The van der Waals surface area contributed by atoms with Gasteiger partial charge >= 0.3 is 6.18 Å². The van der Waals surface area contributed by atoms with E-state index in [0.29, 0.717) is 0 Å². The summed E-state index contributed by atoms with van der Waals surface area (Å²) in [5.74, 6) is 0. The first kappa shape index (κ1) is 8.03. The maximum atomic E-state index is 12.3. The fraction of sp³-hybridized carbons (Fsp3) is 0.143. The highest BCUT2D eigenvalue weighted by molar-refractivity contribution is 5.38. The molecule has 0 spiro atoms. The van der Waals surface area contributed by atoms with Gasteiger partial charge in [0.25, 0.3) is 0 Å². The number of hydrogen-bond acceptors (Lipinski definition) is 2. The minimum Gasteiger partial charge on any atom is -0.215 e. The van der Waals surface area contributed by atoms with Gasteiger partial charge in [0, 0.05) is 0 Å². The Hall–Kier alpha value is -1.59. The fourth-order valence-electron chi connectivity index (χ4n) is 1.06. The van der Waals surface area contributed by atoms with Gasteiger partial charge in [0.1, 0.15) is 12.0 Å². The summed E-state index contributed by atoms with van der Waals surface area (Å²) in [5.41, 5.74) is -0.627. The molecule has 0 saturated heterocycles. The molecule has 0 amide bonds. The molecule has 2 aromatic heterocycles. The average molecular weight is 187 g/mol. The van der Waals surface area contributed by atoms with Gasteiger partial charge in [-0.05, 0) is 12.1 Å². The molecule has 0 aliphatic carbocycles. The molecule has 6 heteroatoms. The van der Waals surface area contributed by atoms with Crippen molar-refractivity contribution < 1.29 is 13.2 Å². The van der Waals surface area contributed by atoms with E-state index in [0.717, 1.165) is 16.9 Å². The van der Waals surface area contributed by atoms with Crippen LogP contribution in [-0.4, -0.2) is 14.6 Å².